The van der Waals surface area contributed by atoms with Crippen molar-refractivity contribution in [2.75, 3.05) is 13.1 Å². The first-order chi connectivity index (χ1) is 16.1. The number of carbonyl (C=O) groups is 3. The van der Waals surface area contributed by atoms with Crippen molar-refractivity contribution in [2.45, 2.75) is 51.4 Å². The summed E-state index contributed by atoms with van der Waals surface area (Å²) in [6, 6.07) is 18.0. The average molecular weight is 456 g/mol. The van der Waals surface area contributed by atoms with Gasteiger partial charge in [-0.15, -0.1) is 0 Å². The molecule has 8 heteroatoms. The number of nitrogens with two attached hydrogens (primary N) is 1. The Bertz CT molecular complexity index is 846. The van der Waals surface area contributed by atoms with E-state index in [2.05, 4.69) is 10.6 Å². The molecule has 2 aromatic carbocycles. The number of ether oxygens (including phenoxy) is 2. The fourth-order valence-electron chi connectivity index (χ4n) is 3.05. The second-order valence-corrected chi connectivity index (χ2v) is 7.58. The highest BCUT2D eigenvalue weighted by Gasteiger charge is 2.21. The molecule has 0 aliphatic heterocycles. The van der Waals surface area contributed by atoms with Crippen molar-refractivity contribution in [1.29, 1.82) is 0 Å². The van der Waals surface area contributed by atoms with Gasteiger partial charge >= 0.3 is 12.1 Å². The van der Waals surface area contributed by atoms with Crippen LogP contribution < -0.4 is 16.4 Å². The summed E-state index contributed by atoms with van der Waals surface area (Å²) in [4.78, 5) is 36.6. The number of benzene rings is 2. The maximum Gasteiger partial charge on any atom is 0.408 e. The van der Waals surface area contributed by atoms with E-state index in [1.165, 1.54) is 0 Å². The van der Waals surface area contributed by atoms with Gasteiger partial charge in [0.2, 0.25) is 5.91 Å². The lowest BCUT2D eigenvalue weighted by atomic mass is 10.1. The summed E-state index contributed by atoms with van der Waals surface area (Å²) in [5, 5.41) is 5.40. The highest BCUT2D eigenvalue weighted by atomic mass is 16.5. The van der Waals surface area contributed by atoms with Crippen LogP contribution in [0.4, 0.5) is 4.79 Å². The topological polar surface area (TPSA) is 120 Å². The SMILES string of the molecule is NCCCC[C@H](NC(=O)OCc1ccccc1)C(=O)NCCCC(=O)OCc1ccccc1. The Morgan fingerprint density at radius 3 is 2.03 bits per heavy atom. The molecule has 2 amide bonds. The van der Waals surface area contributed by atoms with E-state index in [1.807, 2.05) is 60.7 Å². The minimum Gasteiger partial charge on any atom is -0.461 e. The number of hydrogen-bond donors (Lipinski definition) is 3. The molecule has 178 valence electrons. The van der Waals surface area contributed by atoms with Crippen molar-refractivity contribution in [3.8, 4) is 0 Å². The molecule has 0 aliphatic rings. The fourth-order valence-corrected chi connectivity index (χ4v) is 3.05. The van der Waals surface area contributed by atoms with E-state index in [0.29, 0.717) is 32.4 Å². The Hall–Kier alpha value is -3.39. The van der Waals surface area contributed by atoms with E-state index in [-0.39, 0.29) is 31.5 Å². The number of unbranched alkanes of at least 4 members (excludes halogenated alkanes) is 1. The molecule has 4 N–H and O–H groups in total. The van der Waals surface area contributed by atoms with Gasteiger partial charge in [-0.3, -0.25) is 9.59 Å². The predicted molar refractivity (Wildman–Crippen MR) is 125 cm³/mol. The van der Waals surface area contributed by atoms with E-state index in [4.69, 9.17) is 15.2 Å². The lowest BCUT2D eigenvalue weighted by Gasteiger charge is -2.18. The van der Waals surface area contributed by atoms with E-state index >= 15 is 0 Å². The number of amides is 2. The minimum atomic E-state index is -0.732. The van der Waals surface area contributed by atoms with Crippen LogP contribution >= 0.6 is 0 Å². The van der Waals surface area contributed by atoms with Crippen LogP contribution in [0.25, 0.3) is 0 Å². The van der Waals surface area contributed by atoms with Crippen LogP contribution in [0.3, 0.4) is 0 Å². The Labute approximate surface area is 194 Å². The van der Waals surface area contributed by atoms with Crippen LogP contribution in [-0.4, -0.2) is 37.1 Å². The van der Waals surface area contributed by atoms with Gasteiger partial charge in [0.05, 0.1) is 0 Å². The first-order valence-electron chi connectivity index (χ1n) is 11.2. The van der Waals surface area contributed by atoms with Gasteiger partial charge in [0, 0.05) is 13.0 Å². The molecule has 2 aromatic rings. The molecule has 8 nitrogen and oxygen atoms in total. The second-order valence-electron chi connectivity index (χ2n) is 7.58. The summed E-state index contributed by atoms with van der Waals surface area (Å²) in [7, 11) is 0. The zero-order valence-electron chi connectivity index (χ0n) is 18.8. The zero-order valence-corrected chi connectivity index (χ0v) is 18.8. The zero-order chi connectivity index (χ0) is 23.7. The van der Waals surface area contributed by atoms with Crippen molar-refractivity contribution < 1.29 is 23.9 Å². The summed E-state index contributed by atoms with van der Waals surface area (Å²) in [5.41, 5.74) is 7.31. The number of nitrogens with one attached hydrogen (secondary N) is 2. The Morgan fingerprint density at radius 1 is 0.818 bits per heavy atom. The third kappa shape index (κ3) is 11.2. The van der Waals surface area contributed by atoms with Crippen LogP contribution in [0.5, 0.6) is 0 Å². The highest BCUT2D eigenvalue weighted by Crippen LogP contribution is 2.05. The maximum absolute atomic E-state index is 12.6. The number of esters is 1. The minimum absolute atomic E-state index is 0.120. The summed E-state index contributed by atoms with van der Waals surface area (Å²) < 4.78 is 10.4. The quantitative estimate of drug-likeness (QED) is 0.297. The maximum atomic E-state index is 12.6. The van der Waals surface area contributed by atoms with Crippen molar-refractivity contribution >= 4 is 18.0 Å². The molecular formula is C25H33N3O5. The molecule has 0 aromatic heterocycles. The lowest BCUT2D eigenvalue weighted by Crippen LogP contribution is -2.47. The summed E-state index contributed by atoms with van der Waals surface area (Å²) in [6.07, 6.45) is 1.86. The molecule has 0 bridgehead atoms. The lowest BCUT2D eigenvalue weighted by molar-refractivity contribution is -0.145. The van der Waals surface area contributed by atoms with E-state index in [0.717, 1.165) is 17.5 Å². The number of alkyl carbamates (subject to hydrolysis) is 1. The van der Waals surface area contributed by atoms with Crippen LogP contribution in [-0.2, 0) is 32.3 Å². The molecule has 0 unspecified atom stereocenters. The summed E-state index contributed by atoms with van der Waals surface area (Å²) in [6.45, 7) is 1.16. The van der Waals surface area contributed by atoms with Gasteiger partial charge in [0.1, 0.15) is 19.3 Å². The Kier molecular flexibility index (Phi) is 12.1. The second kappa shape index (κ2) is 15.4. The first-order valence-corrected chi connectivity index (χ1v) is 11.2. The van der Waals surface area contributed by atoms with Crippen molar-refractivity contribution in [2.24, 2.45) is 5.73 Å². The van der Waals surface area contributed by atoms with Crippen LogP contribution in [0, 0.1) is 0 Å². The third-order valence-corrected chi connectivity index (χ3v) is 4.87. The number of rotatable bonds is 14. The number of carbonyl (C=O) groups excluding carboxylic acids is 3. The third-order valence-electron chi connectivity index (χ3n) is 4.87. The smallest absolute Gasteiger partial charge is 0.408 e. The average Bonchev–Trinajstić information content (AvgIpc) is 2.84. The van der Waals surface area contributed by atoms with Gasteiger partial charge in [-0.2, -0.15) is 0 Å². The molecule has 0 saturated carbocycles. The molecule has 0 saturated heterocycles. The molecule has 0 aliphatic carbocycles. The molecule has 2 rings (SSSR count). The van der Waals surface area contributed by atoms with Crippen LogP contribution in [0.2, 0.25) is 0 Å². The fraction of sp³-hybridized carbons (Fsp3) is 0.400. The molecule has 33 heavy (non-hydrogen) atoms. The monoisotopic (exact) mass is 455 g/mol. The predicted octanol–water partition coefficient (Wildman–Crippen LogP) is 3.05. The van der Waals surface area contributed by atoms with Gasteiger partial charge in [-0.25, -0.2) is 4.79 Å². The van der Waals surface area contributed by atoms with E-state index in [1.54, 1.807) is 0 Å². The molecule has 0 radical (unpaired) electrons. The summed E-state index contributed by atoms with van der Waals surface area (Å²) in [5.74, 6) is -0.642. The normalized spacial score (nSPS) is 11.3. The van der Waals surface area contributed by atoms with Crippen LogP contribution in [0.1, 0.15) is 43.2 Å². The summed E-state index contributed by atoms with van der Waals surface area (Å²) >= 11 is 0. The standard InChI is InChI=1S/C25H33N3O5/c26-16-8-7-14-22(28-25(31)33-19-21-12-5-2-6-13-21)24(30)27-17-9-15-23(29)32-18-20-10-3-1-4-11-20/h1-6,10-13,22H,7-9,14-19,26H2,(H,27,30)(H,28,31)/t22-/m0/s1. The molecule has 0 spiro atoms. The van der Waals surface area contributed by atoms with Gasteiger partial charge in [-0.1, -0.05) is 60.7 Å². The molecule has 0 fully saturated rings. The Morgan fingerprint density at radius 2 is 1.42 bits per heavy atom. The first kappa shape index (κ1) is 25.9. The van der Waals surface area contributed by atoms with Gasteiger partial charge in [-0.05, 0) is 43.4 Å². The van der Waals surface area contributed by atoms with Crippen LogP contribution in [0.15, 0.2) is 60.7 Å². The van der Waals surface area contributed by atoms with E-state index < -0.39 is 12.1 Å². The van der Waals surface area contributed by atoms with Crippen molar-refractivity contribution in [3.05, 3.63) is 71.8 Å². The van der Waals surface area contributed by atoms with Gasteiger partial charge in [0.25, 0.3) is 0 Å². The highest BCUT2D eigenvalue weighted by molar-refractivity contribution is 5.85. The van der Waals surface area contributed by atoms with Crippen molar-refractivity contribution in [1.82, 2.24) is 10.6 Å². The van der Waals surface area contributed by atoms with Gasteiger partial charge in [0.15, 0.2) is 0 Å². The van der Waals surface area contributed by atoms with E-state index in [9.17, 15) is 14.4 Å². The molecular weight excluding hydrogens is 422 g/mol. The Balaban J connectivity index is 1.70. The molecule has 1 atom stereocenters. The molecule has 0 heterocycles. The van der Waals surface area contributed by atoms with Crippen molar-refractivity contribution in [3.63, 3.8) is 0 Å². The number of hydrogen-bond acceptors (Lipinski definition) is 6. The van der Waals surface area contributed by atoms with Gasteiger partial charge < -0.3 is 25.8 Å². The largest absolute Gasteiger partial charge is 0.461 e.